The van der Waals surface area contributed by atoms with Crippen LogP contribution in [-0.2, 0) is 28.5 Å². The van der Waals surface area contributed by atoms with Crippen LogP contribution in [0.3, 0.4) is 0 Å². The van der Waals surface area contributed by atoms with E-state index in [4.69, 9.17) is 18.9 Å². The van der Waals surface area contributed by atoms with Gasteiger partial charge in [-0.15, -0.1) is 0 Å². The minimum atomic E-state index is -1.84. The second-order valence-corrected chi connectivity index (χ2v) is 18.8. The largest absolute Gasteiger partial charge is 0.381 e. The Labute approximate surface area is 287 Å². The molecule has 47 heavy (non-hydrogen) atoms. The first-order chi connectivity index (χ1) is 21.9. The molecule has 1 saturated heterocycles. The van der Waals surface area contributed by atoms with Crippen molar-refractivity contribution in [3.8, 4) is 0 Å². The van der Waals surface area contributed by atoms with Crippen molar-refractivity contribution in [2.45, 2.75) is 159 Å². The Morgan fingerprint density at radius 3 is 2.21 bits per heavy atom. The topological polar surface area (TPSA) is 71.1 Å². The summed E-state index contributed by atoms with van der Waals surface area (Å²) in [5.74, 6) is -0.183. The first-order valence-electron chi connectivity index (χ1n) is 18.8. The van der Waals surface area contributed by atoms with Crippen LogP contribution in [0.15, 0.2) is 22.8 Å². The Kier molecular flexibility index (Phi) is 8.56. The number of carbonyl (C=O) groups is 2. The quantitative estimate of drug-likeness (QED) is 0.273. The van der Waals surface area contributed by atoms with Crippen molar-refractivity contribution in [2.24, 2.45) is 50.2 Å². The predicted octanol–water partition coefficient (Wildman–Crippen LogP) is 8.91. The molecule has 1 aliphatic heterocycles. The zero-order valence-corrected chi connectivity index (χ0v) is 32.5. The molecule has 1 heterocycles. The smallest absolute Gasteiger partial charge is 0.196 e. The summed E-state index contributed by atoms with van der Waals surface area (Å²) >= 11 is 0. The van der Waals surface area contributed by atoms with Crippen LogP contribution in [0.4, 0.5) is 0 Å². The molecule has 4 fully saturated rings. The Balaban J connectivity index is 1.91. The van der Waals surface area contributed by atoms with Crippen molar-refractivity contribution in [1.82, 2.24) is 0 Å². The van der Waals surface area contributed by atoms with E-state index >= 15 is 4.79 Å². The Bertz CT molecular complexity index is 1410. The summed E-state index contributed by atoms with van der Waals surface area (Å²) in [6.07, 6.45) is 2.86. The number of allylic oxidation sites excluding steroid dienone is 4. The first kappa shape index (κ1) is 35.5. The molecule has 0 aromatic heterocycles. The van der Waals surface area contributed by atoms with Gasteiger partial charge in [-0.1, -0.05) is 93.7 Å². The van der Waals surface area contributed by atoms with Crippen molar-refractivity contribution in [3.63, 3.8) is 0 Å². The maximum Gasteiger partial charge on any atom is 0.196 e. The monoisotopic (exact) mass is 655 g/mol. The minimum absolute atomic E-state index is 0.000809. The van der Waals surface area contributed by atoms with Crippen molar-refractivity contribution in [3.05, 3.63) is 22.8 Å². The van der Waals surface area contributed by atoms with E-state index in [1.165, 1.54) is 12.7 Å². The van der Waals surface area contributed by atoms with Gasteiger partial charge in [0.1, 0.15) is 6.08 Å². The van der Waals surface area contributed by atoms with Crippen molar-refractivity contribution in [2.75, 3.05) is 14.2 Å². The van der Waals surface area contributed by atoms with Crippen LogP contribution in [0.1, 0.15) is 130 Å². The number of ketones is 2. The molecule has 0 radical (unpaired) electrons. The number of hydrogen-bond acceptors (Lipinski definition) is 6. The van der Waals surface area contributed by atoms with Crippen molar-refractivity contribution < 1.29 is 29.9 Å². The van der Waals surface area contributed by atoms with E-state index in [9.17, 15) is 6.17 Å². The molecule has 266 valence electrons. The Hall–Kier alpha value is -1.34. The van der Waals surface area contributed by atoms with E-state index < -0.39 is 45.7 Å². The fourth-order valence-electron chi connectivity index (χ4n) is 13.5. The second-order valence-electron chi connectivity index (χ2n) is 18.8. The molecule has 11 atom stereocenters. The zero-order chi connectivity index (χ0) is 36.4. The molecule has 5 rings (SSSR count). The molecule has 6 heteroatoms. The molecule has 0 spiro atoms. The number of fused-ring (bicyclic) bond motifs is 7. The van der Waals surface area contributed by atoms with Crippen LogP contribution in [0, 0.1) is 50.2 Å². The van der Waals surface area contributed by atoms with Gasteiger partial charge in [0.05, 0.1) is 13.6 Å². The van der Waals surface area contributed by atoms with Crippen molar-refractivity contribution in [1.29, 1.82) is 0 Å². The molecule has 3 saturated carbocycles. The SMILES string of the molecule is [2H]C(C)(OC)C(=O)[C@@]12OC(C(C)CCC)O[C@@H]1C[C@H]1[C@]3(C)CCC4=CC(=O)C(C)=C(C)[C@]4(C(C)(C)C)[C@H]3[C@@H](OC)C(C)(C)[C@@]12C(C)(C)C. The predicted molar refractivity (Wildman–Crippen MR) is 187 cm³/mol. The van der Waals surface area contributed by atoms with Gasteiger partial charge >= 0.3 is 0 Å². The van der Waals surface area contributed by atoms with Crippen LogP contribution in [0.25, 0.3) is 0 Å². The van der Waals surface area contributed by atoms with Gasteiger partial charge in [-0.05, 0) is 80.3 Å². The summed E-state index contributed by atoms with van der Waals surface area (Å²) in [7, 11) is 3.28. The molecule has 0 aromatic rings. The molecular formula is C41H66O6. The normalized spacial score (nSPS) is 43.7. The average Bonchev–Trinajstić information content (AvgIpc) is 3.49. The summed E-state index contributed by atoms with van der Waals surface area (Å²) in [5, 5.41) is 0. The lowest BCUT2D eigenvalue weighted by molar-refractivity contribution is -0.324. The third-order valence-electron chi connectivity index (χ3n) is 14.7. The fraction of sp³-hybridized carbons (Fsp3) is 0.854. The van der Waals surface area contributed by atoms with Gasteiger partial charge < -0.3 is 18.9 Å². The van der Waals surface area contributed by atoms with Crippen LogP contribution < -0.4 is 0 Å². The highest BCUT2D eigenvalue weighted by Gasteiger charge is 2.88. The molecule has 6 nitrogen and oxygen atoms in total. The van der Waals surface area contributed by atoms with Crippen LogP contribution in [-0.4, -0.2) is 56.0 Å². The third-order valence-corrected chi connectivity index (χ3v) is 14.7. The lowest BCUT2D eigenvalue weighted by atomic mass is 9.28. The van der Waals surface area contributed by atoms with E-state index in [0.29, 0.717) is 6.42 Å². The van der Waals surface area contributed by atoms with Crippen LogP contribution in [0.5, 0.6) is 0 Å². The van der Waals surface area contributed by atoms with E-state index in [0.717, 1.165) is 36.8 Å². The molecule has 4 aliphatic carbocycles. The standard InChI is InChI=1S/C41H66O6/c1-17-18-23(2)34-46-30-22-29-38(14)20-19-27-21-28(42)24(3)25(4)39(27,35(6,7)8)31(38)33(45-16)37(12,13)41(29,36(9,10)11)40(30,47-34)32(43)26(5)44-15/h21,23,26,29-31,33-34H,17-20,22H2,1-16H3/t23?,26?,29-,30+,31-,33+,34?,38-,39+,40-,41-/m0/s1/i26D. The van der Waals surface area contributed by atoms with E-state index in [2.05, 4.69) is 83.1 Å². The van der Waals surface area contributed by atoms with Crippen LogP contribution in [0.2, 0.25) is 0 Å². The van der Waals surface area contributed by atoms with E-state index in [1.807, 2.05) is 20.1 Å². The maximum atomic E-state index is 15.5. The van der Waals surface area contributed by atoms with Gasteiger partial charge in [0.25, 0.3) is 0 Å². The molecule has 0 N–H and O–H groups in total. The summed E-state index contributed by atoms with van der Waals surface area (Å²) in [4.78, 5) is 28.9. The van der Waals surface area contributed by atoms with E-state index in [-0.39, 0.29) is 46.3 Å². The lowest BCUT2D eigenvalue weighted by Crippen LogP contribution is -2.79. The first-order valence-corrected chi connectivity index (χ1v) is 18.3. The fourth-order valence-corrected chi connectivity index (χ4v) is 13.5. The zero-order valence-electron chi connectivity index (χ0n) is 33.5. The summed E-state index contributed by atoms with van der Waals surface area (Å²) in [5.41, 5.74) is -1.23. The molecule has 0 amide bonds. The van der Waals surface area contributed by atoms with Crippen molar-refractivity contribution >= 4 is 11.6 Å². The van der Waals surface area contributed by atoms with Gasteiger partial charge in [-0.3, -0.25) is 9.59 Å². The lowest BCUT2D eigenvalue weighted by Gasteiger charge is -2.76. The van der Waals surface area contributed by atoms with Gasteiger partial charge in [0.15, 0.2) is 23.5 Å². The van der Waals surface area contributed by atoms with Gasteiger partial charge in [-0.2, -0.15) is 0 Å². The third kappa shape index (κ3) is 4.23. The molecule has 3 unspecified atom stereocenters. The summed E-state index contributed by atoms with van der Waals surface area (Å²) in [6.45, 7) is 30.9. The number of carbonyl (C=O) groups excluding carboxylic acids is 2. The minimum Gasteiger partial charge on any atom is -0.381 e. The Morgan fingerprint density at radius 1 is 1.09 bits per heavy atom. The number of rotatable bonds is 7. The number of methoxy groups -OCH3 is 2. The second kappa shape index (κ2) is 11.3. The molecule has 0 aromatic carbocycles. The Morgan fingerprint density at radius 2 is 1.70 bits per heavy atom. The average molecular weight is 656 g/mol. The highest BCUT2D eigenvalue weighted by molar-refractivity contribution is 6.06. The number of hydrogen-bond donors (Lipinski definition) is 0. The van der Waals surface area contributed by atoms with Crippen LogP contribution >= 0.6 is 0 Å². The number of Topliss-reactive ketones (excluding diaryl/α,β-unsaturated/α-hetero) is 1. The highest BCUT2D eigenvalue weighted by Crippen LogP contribution is 2.84. The van der Waals surface area contributed by atoms with Gasteiger partial charge in [0, 0.05) is 42.3 Å². The van der Waals surface area contributed by atoms with Gasteiger partial charge in [-0.25, -0.2) is 0 Å². The molecule has 0 bridgehead atoms. The molecular weight excluding hydrogens is 588 g/mol. The van der Waals surface area contributed by atoms with Gasteiger partial charge in [0.2, 0.25) is 0 Å². The summed E-state index contributed by atoms with van der Waals surface area (Å²) in [6, 6.07) is 0. The molecule has 5 aliphatic rings. The number of ether oxygens (including phenoxy) is 4. The van der Waals surface area contributed by atoms with E-state index in [1.54, 1.807) is 6.92 Å². The maximum absolute atomic E-state index is 15.5. The summed E-state index contributed by atoms with van der Waals surface area (Å²) < 4.78 is 36.3. The highest BCUT2D eigenvalue weighted by atomic mass is 16.7.